The molecule has 0 unspecified atom stereocenters. The average Bonchev–Trinajstić information content (AvgIpc) is 1.93. The fourth-order valence-corrected chi connectivity index (χ4v) is 0.862. The van der Waals surface area contributed by atoms with Crippen LogP contribution < -0.4 is 16.4 Å². The quantitative estimate of drug-likeness (QED) is 0.554. The molecule has 4 heteroatoms. The molecular formula is C9H21N3O. The van der Waals surface area contributed by atoms with Gasteiger partial charge in [-0.05, 0) is 18.4 Å². The van der Waals surface area contributed by atoms with Crippen molar-refractivity contribution < 1.29 is 4.79 Å². The smallest absolute Gasteiger partial charge is 0.312 e. The van der Waals surface area contributed by atoms with Gasteiger partial charge < -0.3 is 16.4 Å². The van der Waals surface area contributed by atoms with Crippen LogP contribution in [-0.4, -0.2) is 25.7 Å². The lowest BCUT2D eigenvalue weighted by molar-refractivity contribution is 0.249. The Morgan fingerprint density at radius 2 is 1.85 bits per heavy atom. The monoisotopic (exact) mass is 187 g/mol. The third-order valence-electron chi connectivity index (χ3n) is 1.65. The van der Waals surface area contributed by atoms with Crippen molar-refractivity contribution in [2.24, 2.45) is 11.1 Å². The SMILES string of the molecule is CC(C)(C)CCNCCNC(N)=O. The molecule has 0 fully saturated rings. The van der Waals surface area contributed by atoms with Crippen molar-refractivity contribution in [3.05, 3.63) is 0 Å². The Morgan fingerprint density at radius 1 is 1.23 bits per heavy atom. The van der Waals surface area contributed by atoms with E-state index >= 15 is 0 Å². The van der Waals surface area contributed by atoms with Gasteiger partial charge in [0, 0.05) is 13.1 Å². The Balaban J connectivity index is 3.13. The molecule has 0 aliphatic carbocycles. The summed E-state index contributed by atoms with van der Waals surface area (Å²) in [5.41, 5.74) is 5.26. The zero-order chi connectivity index (χ0) is 10.3. The van der Waals surface area contributed by atoms with E-state index in [1.807, 2.05) is 0 Å². The minimum atomic E-state index is -0.461. The highest BCUT2D eigenvalue weighted by Gasteiger charge is 2.08. The fraction of sp³-hybridized carbons (Fsp3) is 0.889. The first-order valence-electron chi connectivity index (χ1n) is 4.66. The lowest BCUT2D eigenvalue weighted by Crippen LogP contribution is -2.36. The molecule has 0 heterocycles. The predicted molar refractivity (Wildman–Crippen MR) is 54.5 cm³/mol. The summed E-state index contributed by atoms with van der Waals surface area (Å²) in [6.07, 6.45) is 1.13. The molecule has 0 spiro atoms. The molecule has 0 bridgehead atoms. The lowest BCUT2D eigenvalue weighted by Gasteiger charge is -2.17. The van der Waals surface area contributed by atoms with E-state index in [-0.39, 0.29) is 0 Å². The van der Waals surface area contributed by atoms with E-state index < -0.39 is 6.03 Å². The van der Waals surface area contributed by atoms with Gasteiger partial charge >= 0.3 is 6.03 Å². The van der Waals surface area contributed by atoms with Crippen molar-refractivity contribution >= 4 is 6.03 Å². The summed E-state index contributed by atoms with van der Waals surface area (Å²) in [7, 11) is 0. The van der Waals surface area contributed by atoms with E-state index in [4.69, 9.17) is 5.73 Å². The third-order valence-corrected chi connectivity index (χ3v) is 1.65. The molecule has 0 radical (unpaired) electrons. The molecule has 0 aromatic carbocycles. The largest absolute Gasteiger partial charge is 0.352 e. The number of carbonyl (C=O) groups is 1. The van der Waals surface area contributed by atoms with Crippen LogP contribution in [0.1, 0.15) is 27.2 Å². The Morgan fingerprint density at radius 3 is 2.31 bits per heavy atom. The number of urea groups is 1. The van der Waals surface area contributed by atoms with E-state index in [2.05, 4.69) is 31.4 Å². The number of hydrogen-bond acceptors (Lipinski definition) is 2. The number of rotatable bonds is 5. The maximum absolute atomic E-state index is 10.3. The van der Waals surface area contributed by atoms with Crippen molar-refractivity contribution in [1.29, 1.82) is 0 Å². The highest BCUT2D eigenvalue weighted by atomic mass is 16.2. The standard InChI is InChI=1S/C9H21N3O/c1-9(2,3)4-5-11-6-7-12-8(10)13/h11H,4-7H2,1-3H3,(H3,10,12,13). The summed E-state index contributed by atoms with van der Waals surface area (Å²) in [5, 5.41) is 5.75. The second-order valence-corrected chi connectivity index (χ2v) is 4.35. The van der Waals surface area contributed by atoms with Crippen LogP contribution in [0.4, 0.5) is 4.79 Å². The summed E-state index contributed by atoms with van der Waals surface area (Å²) in [6, 6.07) is -0.461. The first kappa shape index (κ1) is 12.2. The van der Waals surface area contributed by atoms with Crippen molar-refractivity contribution in [2.45, 2.75) is 27.2 Å². The molecule has 78 valence electrons. The molecule has 0 saturated heterocycles. The minimum Gasteiger partial charge on any atom is -0.352 e. The molecule has 0 saturated carbocycles. The van der Waals surface area contributed by atoms with E-state index in [1.165, 1.54) is 0 Å². The van der Waals surface area contributed by atoms with Crippen molar-refractivity contribution in [3.63, 3.8) is 0 Å². The molecule has 0 atom stereocenters. The summed E-state index contributed by atoms with van der Waals surface area (Å²) in [6.45, 7) is 8.96. The van der Waals surface area contributed by atoms with Crippen LogP contribution in [0.3, 0.4) is 0 Å². The van der Waals surface area contributed by atoms with Gasteiger partial charge in [0.25, 0.3) is 0 Å². The normalized spacial score (nSPS) is 11.3. The molecule has 0 aromatic heterocycles. The van der Waals surface area contributed by atoms with E-state index in [9.17, 15) is 4.79 Å². The van der Waals surface area contributed by atoms with Crippen molar-refractivity contribution in [1.82, 2.24) is 10.6 Å². The number of hydrogen-bond donors (Lipinski definition) is 3. The molecule has 13 heavy (non-hydrogen) atoms. The van der Waals surface area contributed by atoms with Gasteiger partial charge in [-0.1, -0.05) is 20.8 Å². The fourth-order valence-electron chi connectivity index (χ4n) is 0.862. The topological polar surface area (TPSA) is 67.2 Å². The van der Waals surface area contributed by atoms with E-state index in [1.54, 1.807) is 0 Å². The lowest BCUT2D eigenvalue weighted by atomic mass is 9.92. The predicted octanol–water partition coefficient (Wildman–Crippen LogP) is 0.680. The first-order chi connectivity index (χ1) is 5.92. The Kier molecular flexibility index (Phi) is 5.46. The molecule has 4 N–H and O–H groups in total. The first-order valence-corrected chi connectivity index (χ1v) is 4.66. The number of primary amides is 1. The Labute approximate surface area is 80.3 Å². The minimum absolute atomic E-state index is 0.365. The third kappa shape index (κ3) is 11.2. The molecule has 0 aliphatic heterocycles. The second kappa shape index (κ2) is 5.80. The highest BCUT2D eigenvalue weighted by Crippen LogP contribution is 2.16. The number of nitrogens with two attached hydrogens (primary N) is 1. The summed E-state index contributed by atoms with van der Waals surface area (Å²) in [4.78, 5) is 10.3. The van der Waals surface area contributed by atoms with Crippen molar-refractivity contribution in [2.75, 3.05) is 19.6 Å². The molecule has 0 aromatic rings. The van der Waals surface area contributed by atoms with Gasteiger partial charge in [-0.15, -0.1) is 0 Å². The second-order valence-electron chi connectivity index (χ2n) is 4.35. The summed E-state index contributed by atoms with van der Waals surface area (Å²) in [5.74, 6) is 0. The van der Waals surface area contributed by atoms with Crippen LogP contribution in [0.25, 0.3) is 0 Å². The Bertz CT molecular complexity index is 151. The van der Waals surface area contributed by atoms with Gasteiger partial charge in [0.1, 0.15) is 0 Å². The average molecular weight is 187 g/mol. The van der Waals surface area contributed by atoms with Gasteiger partial charge in [-0.3, -0.25) is 0 Å². The van der Waals surface area contributed by atoms with Crippen LogP contribution in [0, 0.1) is 5.41 Å². The van der Waals surface area contributed by atoms with Crippen LogP contribution in [0.15, 0.2) is 0 Å². The van der Waals surface area contributed by atoms with E-state index in [0.29, 0.717) is 12.0 Å². The molecular weight excluding hydrogens is 166 g/mol. The number of carbonyl (C=O) groups excluding carboxylic acids is 1. The maximum atomic E-state index is 10.3. The van der Waals surface area contributed by atoms with Gasteiger partial charge in [0.15, 0.2) is 0 Å². The van der Waals surface area contributed by atoms with Crippen LogP contribution in [0.2, 0.25) is 0 Å². The molecule has 0 rings (SSSR count). The van der Waals surface area contributed by atoms with Crippen LogP contribution in [0.5, 0.6) is 0 Å². The zero-order valence-electron chi connectivity index (χ0n) is 8.81. The molecule has 2 amide bonds. The summed E-state index contributed by atoms with van der Waals surface area (Å²) >= 11 is 0. The van der Waals surface area contributed by atoms with Gasteiger partial charge in [0.05, 0.1) is 0 Å². The summed E-state index contributed by atoms with van der Waals surface area (Å²) < 4.78 is 0. The number of amides is 2. The highest BCUT2D eigenvalue weighted by molar-refractivity contribution is 5.71. The van der Waals surface area contributed by atoms with Crippen LogP contribution >= 0.6 is 0 Å². The van der Waals surface area contributed by atoms with Crippen LogP contribution in [-0.2, 0) is 0 Å². The molecule has 0 aliphatic rings. The molecule has 4 nitrogen and oxygen atoms in total. The van der Waals surface area contributed by atoms with Gasteiger partial charge in [-0.2, -0.15) is 0 Å². The van der Waals surface area contributed by atoms with Gasteiger partial charge in [-0.25, -0.2) is 4.79 Å². The van der Waals surface area contributed by atoms with Gasteiger partial charge in [0.2, 0.25) is 0 Å². The number of nitrogens with one attached hydrogen (secondary N) is 2. The Hall–Kier alpha value is -0.770. The van der Waals surface area contributed by atoms with Crippen molar-refractivity contribution in [3.8, 4) is 0 Å². The van der Waals surface area contributed by atoms with E-state index in [0.717, 1.165) is 19.5 Å². The maximum Gasteiger partial charge on any atom is 0.312 e. The zero-order valence-corrected chi connectivity index (χ0v) is 8.81.